The summed E-state index contributed by atoms with van der Waals surface area (Å²) >= 11 is 1.62. The monoisotopic (exact) mass is 293 g/mol. The van der Waals surface area contributed by atoms with Gasteiger partial charge in [-0.25, -0.2) is 9.97 Å². The lowest BCUT2D eigenvalue weighted by molar-refractivity contribution is 0.0921. The van der Waals surface area contributed by atoms with Crippen LogP contribution in [0.3, 0.4) is 0 Å². The number of carbonyl (C=O) groups excluding carboxylic acids is 1. The normalized spacial score (nSPS) is 12.4. The van der Waals surface area contributed by atoms with Crippen LogP contribution in [0.2, 0.25) is 0 Å². The zero-order chi connectivity index (χ0) is 14.7. The van der Waals surface area contributed by atoms with E-state index in [0.717, 1.165) is 10.7 Å². The lowest BCUT2D eigenvalue weighted by atomic mass is 10.2. The number of nitrogens with one attached hydrogen (secondary N) is 1. The molecule has 0 radical (unpaired) electrons. The molecule has 0 bridgehead atoms. The van der Waals surface area contributed by atoms with Gasteiger partial charge in [-0.2, -0.15) is 0 Å². The van der Waals surface area contributed by atoms with E-state index in [1.54, 1.807) is 18.3 Å². The maximum Gasteiger partial charge on any atom is 0.289 e. The Morgan fingerprint density at radius 3 is 2.75 bits per heavy atom. The van der Waals surface area contributed by atoms with Gasteiger partial charge in [-0.1, -0.05) is 13.8 Å². The topological polar surface area (TPSA) is 68.0 Å². The molecular weight excluding hydrogens is 274 g/mol. The number of nitrogens with zero attached hydrogens (tertiary/aromatic N) is 2. The molecule has 2 rings (SSSR count). The van der Waals surface area contributed by atoms with E-state index < -0.39 is 0 Å². The second-order valence-electron chi connectivity index (χ2n) is 4.81. The van der Waals surface area contributed by atoms with E-state index >= 15 is 0 Å². The van der Waals surface area contributed by atoms with E-state index in [1.165, 1.54) is 0 Å². The Bertz CT molecular complexity index is 603. The average Bonchev–Trinajstić information content (AvgIpc) is 3.01. The second-order valence-corrected chi connectivity index (χ2v) is 5.70. The van der Waals surface area contributed by atoms with Gasteiger partial charge in [-0.05, 0) is 13.8 Å². The number of hydrogen-bond acceptors (Lipinski definition) is 5. The minimum absolute atomic E-state index is 0.187. The molecule has 0 aliphatic carbocycles. The van der Waals surface area contributed by atoms with Gasteiger partial charge in [0.05, 0.1) is 10.7 Å². The molecule has 0 aromatic carbocycles. The molecule has 0 saturated heterocycles. The van der Waals surface area contributed by atoms with Crippen LogP contribution in [0.5, 0.6) is 0 Å². The molecule has 5 nitrogen and oxygen atoms in total. The van der Waals surface area contributed by atoms with Crippen molar-refractivity contribution in [2.75, 3.05) is 6.54 Å². The van der Waals surface area contributed by atoms with Crippen molar-refractivity contribution in [2.24, 2.45) is 0 Å². The number of aryl methyl sites for hydroxylation is 3. The summed E-state index contributed by atoms with van der Waals surface area (Å²) in [4.78, 5) is 20.7. The fourth-order valence-corrected chi connectivity index (χ4v) is 2.68. The van der Waals surface area contributed by atoms with Crippen molar-refractivity contribution in [3.63, 3.8) is 0 Å². The van der Waals surface area contributed by atoms with Gasteiger partial charge in [0.1, 0.15) is 0 Å². The second kappa shape index (κ2) is 6.17. The predicted octanol–water partition coefficient (Wildman–Crippen LogP) is 2.84. The van der Waals surface area contributed by atoms with Crippen LogP contribution in [0.25, 0.3) is 0 Å². The largest absolute Gasteiger partial charge is 0.435 e. The highest BCUT2D eigenvalue weighted by Crippen LogP contribution is 2.19. The van der Waals surface area contributed by atoms with E-state index in [1.807, 2.05) is 26.2 Å². The van der Waals surface area contributed by atoms with E-state index in [-0.39, 0.29) is 11.8 Å². The first-order valence-corrected chi connectivity index (χ1v) is 7.55. The van der Waals surface area contributed by atoms with Crippen molar-refractivity contribution < 1.29 is 9.21 Å². The van der Waals surface area contributed by atoms with Gasteiger partial charge in [0.15, 0.2) is 5.89 Å². The summed E-state index contributed by atoms with van der Waals surface area (Å²) in [7, 11) is 0. The van der Waals surface area contributed by atoms with Crippen molar-refractivity contribution in [3.05, 3.63) is 33.4 Å². The lowest BCUT2D eigenvalue weighted by Crippen LogP contribution is -2.27. The third kappa shape index (κ3) is 3.25. The Kier molecular flexibility index (Phi) is 4.54. The highest BCUT2D eigenvalue weighted by Gasteiger charge is 2.18. The van der Waals surface area contributed by atoms with Crippen LogP contribution in [0.1, 0.15) is 52.6 Å². The molecule has 1 amide bonds. The highest BCUT2D eigenvalue weighted by atomic mass is 32.1. The molecule has 1 N–H and O–H groups in total. The molecular formula is C14H19N3O2S. The van der Waals surface area contributed by atoms with E-state index in [2.05, 4.69) is 15.3 Å². The van der Waals surface area contributed by atoms with Crippen molar-refractivity contribution in [1.82, 2.24) is 15.3 Å². The number of aromatic nitrogens is 2. The first-order valence-electron chi connectivity index (χ1n) is 6.67. The van der Waals surface area contributed by atoms with Crippen LogP contribution in [0, 0.1) is 13.8 Å². The fourth-order valence-electron chi connectivity index (χ4n) is 1.83. The van der Waals surface area contributed by atoms with Gasteiger partial charge in [0.25, 0.3) is 5.91 Å². The molecule has 0 aliphatic heterocycles. The summed E-state index contributed by atoms with van der Waals surface area (Å²) < 4.78 is 5.43. The number of thiazole rings is 1. The third-order valence-corrected chi connectivity index (χ3v) is 4.17. The molecule has 0 fully saturated rings. The molecule has 1 atom stereocenters. The maximum atomic E-state index is 12.1. The molecule has 20 heavy (non-hydrogen) atoms. The van der Waals surface area contributed by atoms with Gasteiger partial charge in [0.2, 0.25) is 5.76 Å². The van der Waals surface area contributed by atoms with Crippen molar-refractivity contribution in [3.8, 4) is 0 Å². The van der Waals surface area contributed by atoms with Gasteiger partial charge >= 0.3 is 0 Å². The molecule has 0 spiro atoms. The number of oxazole rings is 1. The van der Waals surface area contributed by atoms with E-state index in [4.69, 9.17) is 4.42 Å². The van der Waals surface area contributed by atoms with Crippen LogP contribution in [0.15, 0.2) is 9.80 Å². The first-order chi connectivity index (χ1) is 9.51. The maximum absolute atomic E-state index is 12.1. The zero-order valence-electron chi connectivity index (χ0n) is 12.2. The smallest absolute Gasteiger partial charge is 0.289 e. The minimum atomic E-state index is -0.213. The predicted molar refractivity (Wildman–Crippen MR) is 78.2 cm³/mol. The molecule has 2 aromatic rings. The summed E-state index contributed by atoms with van der Waals surface area (Å²) in [6, 6.07) is 0. The Morgan fingerprint density at radius 2 is 2.20 bits per heavy atom. The number of carbonyl (C=O) groups is 1. The highest BCUT2D eigenvalue weighted by molar-refractivity contribution is 7.09. The van der Waals surface area contributed by atoms with Crippen molar-refractivity contribution in [2.45, 2.75) is 40.0 Å². The zero-order valence-corrected chi connectivity index (χ0v) is 13.0. The molecule has 2 aromatic heterocycles. The first kappa shape index (κ1) is 14.7. The Morgan fingerprint density at radius 1 is 1.45 bits per heavy atom. The Hall–Kier alpha value is -1.69. The van der Waals surface area contributed by atoms with Crippen LogP contribution < -0.4 is 5.32 Å². The minimum Gasteiger partial charge on any atom is -0.435 e. The van der Waals surface area contributed by atoms with Crippen LogP contribution in [-0.2, 0) is 6.42 Å². The standard InChI is InChI=1S/C14H19N3O2S/c1-5-11-17-10(4)12(19-11)13(18)15-6-8(2)14-16-9(3)7-20-14/h7-8H,5-6H2,1-4H3,(H,15,18). The third-order valence-electron chi connectivity index (χ3n) is 2.98. The van der Waals surface area contributed by atoms with Crippen molar-refractivity contribution >= 4 is 17.2 Å². The molecule has 1 unspecified atom stereocenters. The summed E-state index contributed by atoms with van der Waals surface area (Å²) in [5.74, 6) is 0.877. The summed E-state index contributed by atoms with van der Waals surface area (Å²) in [6.07, 6.45) is 0.683. The van der Waals surface area contributed by atoms with Crippen LogP contribution >= 0.6 is 11.3 Å². The van der Waals surface area contributed by atoms with Crippen LogP contribution in [-0.4, -0.2) is 22.4 Å². The molecule has 108 valence electrons. The molecule has 0 saturated carbocycles. The van der Waals surface area contributed by atoms with Gasteiger partial charge < -0.3 is 9.73 Å². The van der Waals surface area contributed by atoms with E-state index in [9.17, 15) is 4.79 Å². The van der Waals surface area contributed by atoms with Gasteiger partial charge in [0, 0.05) is 30.0 Å². The number of rotatable bonds is 5. The molecule has 6 heteroatoms. The van der Waals surface area contributed by atoms with Crippen molar-refractivity contribution in [1.29, 1.82) is 0 Å². The molecule has 2 heterocycles. The van der Waals surface area contributed by atoms with Gasteiger partial charge in [-0.15, -0.1) is 11.3 Å². The number of hydrogen-bond donors (Lipinski definition) is 1. The van der Waals surface area contributed by atoms with E-state index in [0.29, 0.717) is 30.3 Å². The lowest BCUT2D eigenvalue weighted by Gasteiger charge is -2.09. The summed E-state index contributed by atoms with van der Waals surface area (Å²) in [5.41, 5.74) is 1.65. The summed E-state index contributed by atoms with van der Waals surface area (Å²) in [6.45, 7) is 8.27. The fraction of sp³-hybridized carbons (Fsp3) is 0.500. The Balaban J connectivity index is 1.96. The summed E-state index contributed by atoms with van der Waals surface area (Å²) in [5, 5.41) is 5.93. The Labute approximate surface area is 122 Å². The van der Waals surface area contributed by atoms with Crippen LogP contribution in [0.4, 0.5) is 0 Å². The van der Waals surface area contributed by atoms with Gasteiger partial charge in [-0.3, -0.25) is 4.79 Å². The molecule has 0 aliphatic rings. The number of amides is 1. The average molecular weight is 293 g/mol. The quantitative estimate of drug-likeness (QED) is 0.920. The SMILES string of the molecule is CCc1nc(C)c(C(=O)NCC(C)c2nc(C)cs2)o1.